The number of benzene rings is 2. The van der Waals surface area contributed by atoms with E-state index in [-0.39, 0.29) is 18.4 Å². The molecule has 0 atom stereocenters. The van der Waals surface area contributed by atoms with Crippen LogP contribution in [0.15, 0.2) is 48.5 Å². The fraction of sp³-hybridized carbons (Fsp3) is 0.348. The van der Waals surface area contributed by atoms with Gasteiger partial charge in [0.15, 0.2) is 0 Å². The van der Waals surface area contributed by atoms with Crippen LogP contribution in [0.2, 0.25) is 0 Å². The molecular weight excluding hydrogens is 384 g/mol. The third-order valence-electron chi connectivity index (χ3n) is 4.90. The van der Waals surface area contributed by atoms with Crippen molar-refractivity contribution in [2.45, 2.75) is 32.7 Å². The first-order valence-corrected chi connectivity index (χ1v) is 10.0. The summed E-state index contributed by atoms with van der Waals surface area (Å²) in [5, 5.41) is 5.81. The first-order valence-electron chi connectivity index (χ1n) is 10.0. The van der Waals surface area contributed by atoms with E-state index in [4.69, 9.17) is 9.47 Å². The average Bonchev–Trinajstić information content (AvgIpc) is 2.73. The largest absolute Gasteiger partial charge is 0.427 e. The molecule has 2 N–H and O–H groups in total. The zero-order valence-electron chi connectivity index (χ0n) is 17.0. The van der Waals surface area contributed by atoms with Gasteiger partial charge in [-0.2, -0.15) is 0 Å². The number of amides is 2. The lowest BCUT2D eigenvalue weighted by Crippen LogP contribution is -2.25. The molecule has 1 aliphatic rings. The Kier molecular flexibility index (Phi) is 7.57. The van der Waals surface area contributed by atoms with Gasteiger partial charge >= 0.3 is 5.97 Å². The summed E-state index contributed by atoms with van der Waals surface area (Å²) in [5.41, 5.74) is 1.88. The normalized spacial score (nSPS) is 14.0. The van der Waals surface area contributed by atoms with Crippen molar-refractivity contribution >= 4 is 23.5 Å². The first-order chi connectivity index (χ1) is 14.5. The molecule has 158 valence electrons. The van der Waals surface area contributed by atoms with Gasteiger partial charge in [0, 0.05) is 44.4 Å². The quantitative estimate of drug-likeness (QED) is 0.540. The summed E-state index contributed by atoms with van der Waals surface area (Å²) < 4.78 is 10.4. The Morgan fingerprint density at radius 3 is 2.60 bits per heavy atom. The van der Waals surface area contributed by atoms with Crippen molar-refractivity contribution in [3.63, 3.8) is 0 Å². The highest BCUT2D eigenvalue weighted by molar-refractivity contribution is 5.95. The minimum atomic E-state index is -0.446. The van der Waals surface area contributed by atoms with E-state index in [1.807, 2.05) is 24.3 Å². The predicted molar refractivity (Wildman–Crippen MR) is 112 cm³/mol. The van der Waals surface area contributed by atoms with Crippen molar-refractivity contribution in [2.24, 2.45) is 5.92 Å². The number of esters is 1. The molecule has 0 unspecified atom stereocenters. The van der Waals surface area contributed by atoms with Gasteiger partial charge in [-0.1, -0.05) is 24.3 Å². The highest BCUT2D eigenvalue weighted by Crippen LogP contribution is 2.21. The lowest BCUT2D eigenvalue weighted by atomic mass is 9.96. The Hall–Kier alpha value is -3.19. The predicted octanol–water partition coefficient (Wildman–Crippen LogP) is 3.30. The van der Waals surface area contributed by atoms with Gasteiger partial charge in [0.2, 0.25) is 5.91 Å². The molecule has 3 rings (SSSR count). The fourth-order valence-corrected chi connectivity index (χ4v) is 3.35. The summed E-state index contributed by atoms with van der Waals surface area (Å²) in [5.74, 6) is -0.119. The number of anilines is 1. The van der Waals surface area contributed by atoms with E-state index in [9.17, 15) is 14.4 Å². The molecule has 0 aromatic heterocycles. The number of ether oxygens (including phenoxy) is 2. The molecule has 7 nitrogen and oxygen atoms in total. The van der Waals surface area contributed by atoms with Crippen LogP contribution in [0.3, 0.4) is 0 Å². The molecule has 0 aliphatic carbocycles. The van der Waals surface area contributed by atoms with Crippen molar-refractivity contribution in [3.05, 3.63) is 59.7 Å². The summed E-state index contributed by atoms with van der Waals surface area (Å²) in [6.45, 7) is 2.98. The average molecular weight is 410 g/mol. The lowest BCUT2D eigenvalue weighted by molar-refractivity contribution is -0.131. The number of para-hydroxylation sites is 1. The highest BCUT2D eigenvalue weighted by Gasteiger charge is 2.18. The third kappa shape index (κ3) is 6.42. The Bertz CT molecular complexity index is 906. The Balaban J connectivity index is 1.58. The topological polar surface area (TPSA) is 93.7 Å². The molecular formula is C23H26N2O5. The zero-order valence-corrected chi connectivity index (χ0v) is 17.0. The molecule has 2 amide bonds. The van der Waals surface area contributed by atoms with Gasteiger partial charge in [0.1, 0.15) is 5.75 Å². The maximum absolute atomic E-state index is 12.5. The molecule has 0 bridgehead atoms. The number of carbonyl (C=O) groups is 3. The lowest BCUT2D eigenvalue weighted by Gasteiger charge is -2.21. The SMILES string of the molecule is CC(=O)Oc1cccc(C(=O)NCc2ccccc2NC(=O)CC2CCOCC2)c1. The molecule has 0 saturated carbocycles. The molecule has 0 spiro atoms. The molecule has 2 aromatic carbocycles. The second kappa shape index (κ2) is 10.5. The summed E-state index contributed by atoms with van der Waals surface area (Å²) >= 11 is 0. The number of hydrogen-bond acceptors (Lipinski definition) is 5. The minimum absolute atomic E-state index is 0.0326. The van der Waals surface area contributed by atoms with Gasteiger partial charge in [0.25, 0.3) is 5.91 Å². The Morgan fingerprint density at radius 2 is 1.83 bits per heavy atom. The first kappa shape index (κ1) is 21.5. The van der Waals surface area contributed by atoms with E-state index in [2.05, 4.69) is 10.6 Å². The zero-order chi connectivity index (χ0) is 21.3. The van der Waals surface area contributed by atoms with Gasteiger partial charge in [-0.05, 0) is 48.6 Å². The van der Waals surface area contributed by atoms with Crippen LogP contribution in [0.4, 0.5) is 5.69 Å². The standard InChI is InChI=1S/C23H26N2O5/c1-16(26)30-20-7-4-6-18(14-20)23(28)24-15-19-5-2-3-8-21(19)25-22(27)13-17-9-11-29-12-10-17/h2-8,14,17H,9-13,15H2,1H3,(H,24,28)(H,25,27). The van der Waals surface area contributed by atoms with E-state index in [1.54, 1.807) is 18.2 Å². The van der Waals surface area contributed by atoms with Crippen molar-refractivity contribution < 1.29 is 23.9 Å². The minimum Gasteiger partial charge on any atom is -0.427 e. The van der Waals surface area contributed by atoms with Crippen LogP contribution in [0.25, 0.3) is 0 Å². The van der Waals surface area contributed by atoms with Crippen LogP contribution >= 0.6 is 0 Å². The second-order valence-electron chi connectivity index (χ2n) is 7.27. The summed E-state index contributed by atoms with van der Waals surface area (Å²) in [6.07, 6.45) is 2.27. The molecule has 1 saturated heterocycles. The van der Waals surface area contributed by atoms with E-state index >= 15 is 0 Å². The van der Waals surface area contributed by atoms with E-state index < -0.39 is 5.97 Å². The Morgan fingerprint density at radius 1 is 1.07 bits per heavy atom. The molecule has 2 aromatic rings. The number of rotatable bonds is 7. The van der Waals surface area contributed by atoms with Gasteiger partial charge in [-0.3, -0.25) is 14.4 Å². The summed E-state index contributed by atoms with van der Waals surface area (Å²) in [4.78, 5) is 36.0. The summed E-state index contributed by atoms with van der Waals surface area (Å²) in [7, 11) is 0. The van der Waals surface area contributed by atoms with Gasteiger partial charge < -0.3 is 20.1 Å². The van der Waals surface area contributed by atoms with Crippen LogP contribution in [-0.2, 0) is 20.9 Å². The van der Waals surface area contributed by atoms with E-state index in [1.165, 1.54) is 13.0 Å². The van der Waals surface area contributed by atoms with Gasteiger partial charge in [-0.25, -0.2) is 0 Å². The highest BCUT2D eigenvalue weighted by atomic mass is 16.5. The molecule has 7 heteroatoms. The monoisotopic (exact) mass is 410 g/mol. The Labute approximate surface area is 175 Å². The van der Waals surface area contributed by atoms with Crippen LogP contribution < -0.4 is 15.4 Å². The van der Waals surface area contributed by atoms with Crippen molar-refractivity contribution in [1.82, 2.24) is 5.32 Å². The van der Waals surface area contributed by atoms with Crippen LogP contribution in [0.1, 0.15) is 42.1 Å². The number of nitrogens with one attached hydrogen (secondary N) is 2. The van der Waals surface area contributed by atoms with Gasteiger partial charge in [-0.15, -0.1) is 0 Å². The molecule has 1 heterocycles. The molecule has 1 fully saturated rings. The maximum atomic E-state index is 12.5. The number of hydrogen-bond donors (Lipinski definition) is 2. The third-order valence-corrected chi connectivity index (χ3v) is 4.90. The molecule has 0 radical (unpaired) electrons. The molecule has 30 heavy (non-hydrogen) atoms. The fourth-order valence-electron chi connectivity index (χ4n) is 3.35. The van der Waals surface area contributed by atoms with Gasteiger partial charge in [0.05, 0.1) is 0 Å². The van der Waals surface area contributed by atoms with Crippen LogP contribution in [-0.4, -0.2) is 31.0 Å². The van der Waals surface area contributed by atoms with Crippen molar-refractivity contribution in [2.75, 3.05) is 18.5 Å². The van der Waals surface area contributed by atoms with E-state index in [0.717, 1.165) is 18.4 Å². The van der Waals surface area contributed by atoms with Crippen molar-refractivity contribution in [1.29, 1.82) is 0 Å². The van der Waals surface area contributed by atoms with Crippen LogP contribution in [0.5, 0.6) is 5.75 Å². The second-order valence-corrected chi connectivity index (χ2v) is 7.27. The molecule has 1 aliphatic heterocycles. The summed E-state index contributed by atoms with van der Waals surface area (Å²) in [6, 6.07) is 13.8. The maximum Gasteiger partial charge on any atom is 0.308 e. The van der Waals surface area contributed by atoms with E-state index in [0.29, 0.717) is 42.6 Å². The smallest absolute Gasteiger partial charge is 0.308 e. The van der Waals surface area contributed by atoms with Crippen molar-refractivity contribution in [3.8, 4) is 5.75 Å². The number of carbonyl (C=O) groups excluding carboxylic acids is 3. The van der Waals surface area contributed by atoms with Crippen LogP contribution in [0, 0.1) is 5.92 Å².